The van der Waals surface area contributed by atoms with Gasteiger partial charge >= 0.3 is 5.97 Å². The summed E-state index contributed by atoms with van der Waals surface area (Å²) in [6, 6.07) is 3.21. The number of hydrogen-bond donors (Lipinski definition) is 1. The highest BCUT2D eigenvalue weighted by atomic mass is 32.2. The molecule has 1 amide bonds. The molecule has 7 nitrogen and oxygen atoms in total. The minimum Gasteiger partial charge on any atom is -0.481 e. The van der Waals surface area contributed by atoms with Crippen molar-refractivity contribution in [2.75, 3.05) is 26.7 Å². The molecule has 0 unspecified atom stereocenters. The number of hydrogen-bond acceptors (Lipinski definition) is 5. The van der Waals surface area contributed by atoms with Crippen molar-refractivity contribution < 1.29 is 23.1 Å². The number of carbonyl (C=O) groups excluding carboxylic acids is 1. The first-order valence-corrected chi connectivity index (χ1v) is 10.1. The normalized spacial score (nSPS) is 16.0. The van der Waals surface area contributed by atoms with E-state index in [2.05, 4.69) is 0 Å². The molecule has 1 aromatic heterocycles. The molecule has 0 aromatic carbocycles. The lowest BCUT2D eigenvalue weighted by atomic mass is 10.2. The number of amides is 1. The van der Waals surface area contributed by atoms with Gasteiger partial charge in [0.1, 0.15) is 4.21 Å². The SMILES string of the molecule is CN(CCC(=O)O)C(=O)Cc1ccc(S(=O)(=O)N2CCCCC2)s1. The van der Waals surface area contributed by atoms with Gasteiger partial charge in [0.05, 0.1) is 12.8 Å². The third-order valence-electron chi connectivity index (χ3n) is 3.96. The summed E-state index contributed by atoms with van der Waals surface area (Å²) >= 11 is 1.11. The summed E-state index contributed by atoms with van der Waals surface area (Å²) in [4.78, 5) is 24.6. The molecular formula is C15H22N2O5S2. The number of likely N-dealkylation sites (N-methyl/N-ethyl adjacent to an activating group) is 1. The third-order valence-corrected chi connectivity index (χ3v) is 7.41. The van der Waals surface area contributed by atoms with E-state index in [0.29, 0.717) is 18.0 Å². The lowest BCUT2D eigenvalue weighted by Crippen LogP contribution is -2.35. The van der Waals surface area contributed by atoms with Gasteiger partial charge in [-0.3, -0.25) is 9.59 Å². The average Bonchev–Trinajstić information content (AvgIpc) is 3.02. The van der Waals surface area contributed by atoms with Gasteiger partial charge in [0, 0.05) is 31.6 Å². The zero-order valence-corrected chi connectivity index (χ0v) is 15.2. The molecule has 0 atom stereocenters. The molecule has 134 valence electrons. The fourth-order valence-corrected chi connectivity index (χ4v) is 5.51. The van der Waals surface area contributed by atoms with Gasteiger partial charge in [-0.2, -0.15) is 4.31 Å². The van der Waals surface area contributed by atoms with Crippen molar-refractivity contribution >= 4 is 33.2 Å². The molecule has 1 fully saturated rings. The van der Waals surface area contributed by atoms with Crippen LogP contribution in [0.2, 0.25) is 0 Å². The highest BCUT2D eigenvalue weighted by molar-refractivity contribution is 7.91. The van der Waals surface area contributed by atoms with Crippen LogP contribution in [0.1, 0.15) is 30.6 Å². The smallest absolute Gasteiger partial charge is 0.305 e. The van der Waals surface area contributed by atoms with Gasteiger partial charge in [-0.15, -0.1) is 11.3 Å². The van der Waals surface area contributed by atoms with Crippen LogP contribution in [-0.2, 0) is 26.0 Å². The molecule has 0 bridgehead atoms. The van der Waals surface area contributed by atoms with Crippen molar-refractivity contribution in [1.29, 1.82) is 0 Å². The van der Waals surface area contributed by atoms with Crippen LogP contribution in [0.15, 0.2) is 16.3 Å². The van der Waals surface area contributed by atoms with E-state index in [-0.39, 0.29) is 29.5 Å². The van der Waals surface area contributed by atoms with E-state index in [1.54, 1.807) is 19.2 Å². The Morgan fingerprint density at radius 2 is 1.92 bits per heavy atom. The van der Waals surface area contributed by atoms with Crippen molar-refractivity contribution in [3.05, 3.63) is 17.0 Å². The first-order chi connectivity index (χ1) is 11.3. The molecule has 2 heterocycles. The molecule has 9 heteroatoms. The fourth-order valence-electron chi connectivity index (χ4n) is 2.50. The van der Waals surface area contributed by atoms with Crippen molar-refractivity contribution in [2.24, 2.45) is 0 Å². The number of aliphatic carboxylic acids is 1. The van der Waals surface area contributed by atoms with Gasteiger partial charge in [0.15, 0.2) is 0 Å². The molecule has 2 rings (SSSR count). The predicted octanol–water partition coefficient (Wildman–Crippen LogP) is 1.40. The Morgan fingerprint density at radius 1 is 1.25 bits per heavy atom. The summed E-state index contributed by atoms with van der Waals surface area (Å²) < 4.78 is 26.9. The highest BCUT2D eigenvalue weighted by Crippen LogP contribution is 2.27. The first kappa shape index (κ1) is 18.9. The van der Waals surface area contributed by atoms with Crippen molar-refractivity contribution in [1.82, 2.24) is 9.21 Å². The van der Waals surface area contributed by atoms with Crippen LogP contribution in [0.4, 0.5) is 0 Å². The fraction of sp³-hybridized carbons (Fsp3) is 0.600. The van der Waals surface area contributed by atoms with Crippen LogP contribution in [0.5, 0.6) is 0 Å². The topological polar surface area (TPSA) is 95.0 Å². The maximum Gasteiger partial charge on any atom is 0.305 e. The predicted molar refractivity (Wildman–Crippen MR) is 90.5 cm³/mol. The van der Waals surface area contributed by atoms with Gasteiger partial charge in [-0.05, 0) is 25.0 Å². The van der Waals surface area contributed by atoms with E-state index in [0.717, 1.165) is 30.6 Å². The molecule has 1 aromatic rings. The van der Waals surface area contributed by atoms with E-state index < -0.39 is 16.0 Å². The monoisotopic (exact) mass is 374 g/mol. The van der Waals surface area contributed by atoms with Crippen LogP contribution in [0.3, 0.4) is 0 Å². The number of carboxylic acid groups (broad SMARTS) is 1. The molecule has 1 N–H and O–H groups in total. The maximum absolute atomic E-state index is 12.6. The van der Waals surface area contributed by atoms with Gasteiger partial charge < -0.3 is 10.0 Å². The first-order valence-electron chi connectivity index (χ1n) is 7.85. The molecule has 1 saturated heterocycles. The molecule has 1 aliphatic heterocycles. The molecular weight excluding hydrogens is 352 g/mol. The summed E-state index contributed by atoms with van der Waals surface area (Å²) in [5, 5.41) is 8.64. The summed E-state index contributed by atoms with van der Waals surface area (Å²) in [6.07, 6.45) is 2.78. The number of carbonyl (C=O) groups is 2. The zero-order valence-electron chi connectivity index (χ0n) is 13.6. The summed E-state index contributed by atoms with van der Waals surface area (Å²) in [6.45, 7) is 1.23. The van der Waals surface area contributed by atoms with Crippen LogP contribution in [0.25, 0.3) is 0 Å². The third kappa shape index (κ3) is 4.78. The number of piperidine rings is 1. The van der Waals surface area contributed by atoms with Crippen molar-refractivity contribution in [3.63, 3.8) is 0 Å². The number of thiophene rings is 1. The quantitative estimate of drug-likeness (QED) is 0.778. The molecule has 0 spiro atoms. The summed E-state index contributed by atoms with van der Waals surface area (Å²) in [5.74, 6) is -1.18. The highest BCUT2D eigenvalue weighted by Gasteiger charge is 2.27. The molecule has 1 aliphatic rings. The molecule has 0 aliphatic carbocycles. The number of sulfonamides is 1. The van der Waals surface area contributed by atoms with E-state index in [1.165, 1.54) is 9.21 Å². The van der Waals surface area contributed by atoms with Crippen LogP contribution in [-0.4, -0.2) is 61.3 Å². The van der Waals surface area contributed by atoms with Crippen LogP contribution >= 0.6 is 11.3 Å². The Morgan fingerprint density at radius 3 is 2.54 bits per heavy atom. The summed E-state index contributed by atoms with van der Waals surface area (Å²) in [5.41, 5.74) is 0. The summed E-state index contributed by atoms with van der Waals surface area (Å²) in [7, 11) is -1.92. The second kappa shape index (κ2) is 8.09. The van der Waals surface area contributed by atoms with Crippen LogP contribution < -0.4 is 0 Å². The van der Waals surface area contributed by atoms with Crippen molar-refractivity contribution in [2.45, 2.75) is 36.3 Å². The van der Waals surface area contributed by atoms with E-state index in [9.17, 15) is 18.0 Å². The lowest BCUT2D eigenvalue weighted by molar-refractivity contribution is -0.138. The molecule has 0 saturated carbocycles. The second-order valence-corrected chi connectivity index (χ2v) is 9.15. The Kier molecular flexibility index (Phi) is 6.36. The Bertz CT molecular complexity index is 692. The maximum atomic E-state index is 12.6. The van der Waals surface area contributed by atoms with Crippen LogP contribution in [0, 0.1) is 0 Å². The second-order valence-electron chi connectivity index (χ2n) is 5.82. The van der Waals surface area contributed by atoms with E-state index >= 15 is 0 Å². The Balaban J connectivity index is 1.99. The largest absolute Gasteiger partial charge is 0.481 e. The van der Waals surface area contributed by atoms with Gasteiger partial charge in [0.2, 0.25) is 5.91 Å². The Labute approximate surface area is 145 Å². The minimum absolute atomic E-state index is 0.0797. The average molecular weight is 374 g/mol. The number of nitrogens with zero attached hydrogens (tertiary/aromatic N) is 2. The van der Waals surface area contributed by atoms with Gasteiger partial charge in [0.25, 0.3) is 10.0 Å². The van der Waals surface area contributed by atoms with Gasteiger partial charge in [-0.1, -0.05) is 6.42 Å². The van der Waals surface area contributed by atoms with Crippen molar-refractivity contribution in [3.8, 4) is 0 Å². The Hall–Kier alpha value is -1.45. The van der Waals surface area contributed by atoms with E-state index in [1.807, 2.05) is 0 Å². The minimum atomic E-state index is -3.47. The van der Waals surface area contributed by atoms with Gasteiger partial charge in [-0.25, -0.2) is 8.42 Å². The lowest BCUT2D eigenvalue weighted by Gasteiger charge is -2.25. The zero-order chi connectivity index (χ0) is 17.7. The van der Waals surface area contributed by atoms with E-state index in [4.69, 9.17) is 5.11 Å². The molecule has 0 radical (unpaired) electrons. The standard InChI is InChI=1S/C15H22N2O5S2/c1-16(10-7-14(19)20)13(18)11-12-5-6-15(23-12)24(21,22)17-8-3-2-4-9-17/h5-6H,2-4,7-11H2,1H3,(H,19,20). The molecule has 24 heavy (non-hydrogen) atoms. The number of carboxylic acids is 1. The number of rotatable bonds is 7.